The molecule has 96 valence electrons. The fourth-order valence-electron chi connectivity index (χ4n) is 1.02. The van der Waals surface area contributed by atoms with Crippen molar-refractivity contribution in [3.05, 3.63) is 0 Å². The molecule has 0 heterocycles. The molecule has 0 aromatic heterocycles. The van der Waals surface area contributed by atoms with Crippen molar-refractivity contribution in [2.45, 2.75) is 25.1 Å². The van der Waals surface area contributed by atoms with Gasteiger partial charge in [-0.2, -0.15) is 13.2 Å². The molecule has 0 saturated carbocycles. The molecule has 16 heavy (non-hydrogen) atoms. The second-order valence-corrected chi connectivity index (χ2v) is 3.49. The van der Waals surface area contributed by atoms with Crippen LogP contribution < -0.4 is 5.32 Å². The Balaban J connectivity index is 4.02. The third-order valence-electron chi connectivity index (χ3n) is 2.20. The molecule has 0 aromatic rings. The molecule has 1 N–H and O–H groups in total. The average molecular weight is 243 g/mol. The van der Waals surface area contributed by atoms with Crippen LogP contribution in [0.1, 0.15) is 13.3 Å². The molecule has 7 heteroatoms. The highest BCUT2D eigenvalue weighted by atomic mass is 19.4. The van der Waals surface area contributed by atoms with Crippen molar-refractivity contribution in [3.8, 4) is 0 Å². The van der Waals surface area contributed by atoms with Crippen molar-refractivity contribution >= 4 is 5.97 Å². The van der Waals surface area contributed by atoms with Gasteiger partial charge in [0.15, 0.2) is 0 Å². The minimum atomic E-state index is -4.35. The van der Waals surface area contributed by atoms with Gasteiger partial charge < -0.3 is 14.8 Å². The number of hydrogen-bond acceptors (Lipinski definition) is 4. The zero-order chi connectivity index (χ0) is 12.8. The molecule has 0 aromatic carbocycles. The number of likely N-dealkylation sites (N-methyl/N-ethyl adjacent to an activating group) is 1. The van der Waals surface area contributed by atoms with Crippen LogP contribution in [0.5, 0.6) is 0 Å². The van der Waals surface area contributed by atoms with E-state index in [2.05, 4.69) is 14.8 Å². The van der Waals surface area contributed by atoms with Crippen molar-refractivity contribution in [1.82, 2.24) is 5.32 Å². The Bertz CT molecular complexity index is 233. The summed E-state index contributed by atoms with van der Waals surface area (Å²) in [5, 5.41) is 2.69. The second-order valence-electron chi connectivity index (χ2n) is 3.49. The maximum atomic E-state index is 11.7. The van der Waals surface area contributed by atoms with Gasteiger partial charge >= 0.3 is 12.1 Å². The van der Waals surface area contributed by atoms with E-state index in [1.165, 1.54) is 21.1 Å². The highest BCUT2D eigenvalue weighted by molar-refractivity contribution is 5.80. The maximum Gasteiger partial charge on any atom is 0.411 e. The summed E-state index contributed by atoms with van der Waals surface area (Å²) in [6.07, 6.45) is -4.24. The number of rotatable bonds is 6. The number of esters is 1. The van der Waals surface area contributed by atoms with E-state index in [0.29, 0.717) is 0 Å². The maximum absolute atomic E-state index is 11.7. The number of halogens is 3. The molecule has 0 aliphatic rings. The fourth-order valence-corrected chi connectivity index (χ4v) is 1.02. The molecule has 1 atom stereocenters. The standard InChI is InChI=1S/C9H16F3NO3/c1-8(13-2,7(14)15-3)4-5-16-6-9(10,11)12/h13H,4-6H2,1-3H3. The van der Waals surface area contributed by atoms with Crippen LogP contribution in [0.15, 0.2) is 0 Å². The molecule has 4 nitrogen and oxygen atoms in total. The predicted octanol–water partition coefficient (Wildman–Crippen LogP) is 1.11. The molecule has 0 saturated heterocycles. The van der Waals surface area contributed by atoms with Crippen LogP contribution in [-0.4, -0.2) is 45.1 Å². The quantitative estimate of drug-likeness (QED) is 0.560. The van der Waals surface area contributed by atoms with E-state index in [1.807, 2.05) is 0 Å². The zero-order valence-electron chi connectivity index (χ0n) is 9.48. The first-order chi connectivity index (χ1) is 7.25. The molecule has 0 aliphatic carbocycles. The first kappa shape index (κ1) is 15.2. The summed E-state index contributed by atoms with van der Waals surface area (Å²) in [6, 6.07) is 0. The summed E-state index contributed by atoms with van der Waals surface area (Å²) < 4.78 is 44.2. The molecule has 0 bridgehead atoms. The van der Waals surface area contributed by atoms with E-state index in [9.17, 15) is 18.0 Å². The van der Waals surface area contributed by atoms with Crippen LogP contribution in [0.25, 0.3) is 0 Å². The minimum absolute atomic E-state index is 0.103. The van der Waals surface area contributed by atoms with Gasteiger partial charge in [-0.15, -0.1) is 0 Å². The first-order valence-electron chi connectivity index (χ1n) is 4.67. The second kappa shape index (κ2) is 6.05. The van der Waals surface area contributed by atoms with E-state index in [0.717, 1.165) is 0 Å². The van der Waals surface area contributed by atoms with Crippen LogP contribution in [0, 0.1) is 0 Å². The van der Waals surface area contributed by atoms with Gasteiger partial charge in [0.05, 0.1) is 7.11 Å². The highest BCUT2D eigenvalue weighted by Crippen LogP contribution is 2.16. The smallest absolute Gasteiger partial charge is 0.411 e. The molecule has 0 rings (SSSR count). The Labute approximate surface area is 92.1 Å². The Hall–Kier alpha value is -0.820. The minimum Gasteiger partial charge on any atom is -0.468 e. The van der Waals surface area contributed by atoms with Gasteiger partial charge in [-0.3, -0.25) is 4.79 Å². The van der Waals surface area contributed by atoms with E-state index in [-0.39, 0.29) is 13.0 Å². The van der Waals surface area contributed by atoms with Gasteiger partial charge in [-0.25, -0.2) is 0 Å². The SMILES string of the molecule is CNC(C)(CCOCC(F)(F)F)C(=O)OC. The lowest BCUT2D eigenvalue weighted by Crippen LogP contribution is -2.49. The fraction of sp³-hybridized carbons (Fsp3) is 0.889. The molecule has 0 amide bonds. The van der Waals surface area contributed by atoms with Crippen molar-refractivity contribution in [1.29, 1.82) is 0 Å². The van der Waals surface area contributed by atoms with Gasteiger partial charge in [0.25, 0.3) is 0 Å². The Kier molecular flexibility index (Phi) is 5.74. The number of alkyl halides is 3. The average Bonchev–Trinajstić information content (AvgIpc) is 2.21. The summed E-state index contributed by atoms with van der Waals surface area (Å²) in [4.78, 5) is 11.3. The van der Waals surface area contributed by atoms with Gasteiger partial charge in [-0.05, 0) is 20.4 Å². The monoisotopic (exact) mass is 243 g/mol. The largest absolute Gasteiger partial charge is 0.468 e. The molecular formula is C9H16F3NO3. The number of nitrogens with one attached hydrogen (secondary N) is 1. The van der Waals surface area contributed by atoms with Gasteiger partial charge in [0.1, 0.15) is 12.1 Å². The van der Waals surface area contributed by atoms with E-state index in [1.54, 1.807) is 0 Å². The summed E-state index contributed by atoms with van der Waals surface area (Å²) in [7, 11) is 2.75. The van der Waals surface area contributed by atoms with Crippen molar-refractivity contribution in [2.75, 3.05) is 27.4 Å². The van der Waals surface area contributed by atoms with Crippen LogP contribution in [-0.2, 0) is 14.3 Å². The van der Waals surface area contributed by atoms with E-state index < -0.39 is 24.3 Å². The molecule has 0 fully saturated rings. The lowest BCUT2D eigenvalue weighted by molar-refractivity contribution is -0.175. The highest BCUT2D eigenvalue weighted by Gasteiger charge is 2.33. The van der Waals surface area contributed by atoms with Crippen molar-refractivity contribution in [3.63, 3.8) is 0 Å². The van der Waals surface area contributed by atoms with Crippen molar-refractivity contribution < 1.29 is 27.4 Å². The number of methoxy groups -OCH3 is 1. The van der Waals surface area contributed by atoms with Crippen LogP contribution in [0.2, 0.25) is 0 Å². The Morgan fingerprint density at radius 2 is 1.94 bits per heavy atom. The van der Waals surface area contributed by atoms with Crippen molar-refractivity contribution in [2.24, 2.45) is 0 Å². The van der Waals surface area contributed by atoms with Gasteiger partial charge in [-0.1, -0.05) is 0 Å². The number of hydrogen-bond donors (Lipinski definition) is 1. The number of carbonyl (C=O) groups excluding carboxylic acids is 1. The van der Waals surface area contributed by atoms with Crippen LogP contribution >= 0.6 is 0 Å². The summed E-state index contributed by atoms with van der Waals surface area (Å²) in [5.74, 6) is -0.536. The topological polar surface area (TPSA) is 47.6 Å². The Morgan fingerprint density at radius 3 is 2.31 bits per heavy atom. The molecule has 0 spiro atoms. The summed E-state index contributed by atoms with van der Waals surface area (Å²) in [5.41, 5.74) is -1.03. The molecular weight excluding hydrogens is 227 g/mol. The van der Waals surface area contributed by atoms with E-state index in [4.69, 9.17) is 0 Å². The lowest BCUT2D eigenvalue weighted by atomic mass is 9.99. The third-order valence-corrected chi connectivity index (χ3v) is 2.20. The van der Waals surface area contributed by atoms with Crippen LogP contribution in [0.4, 0.5) is 13.2 Å². The summed E-state index contributed by atoms with van der Waals surface area (Å²) >= 11 is 0. The number of carbonyl (C=O) groups is 1. The summed E-state index contributed by atoms with van der Waals surface area (Å²) in [6.45, 7) is 0.0513. The third kappa shape index (κ3) is 5.32. The normalized spacial score (nSPS) is 15.6. The predicted molar refractivity (Wildman–Crippen MR) is 51.0 cm³/mol. The first-order valence-corrected chi connectivity index (χ1v) is 4.67. The molecule has 1 unspecified atom stereocenters. The molecule has 0 radical (unpaired) electrons. The van der Waals surface area contributed by atoms with Gasteiger partial charge in [0, 0.05) is 6.61 Å². The Morgan fingerprint density at radius 1 is 1.38 bits per heavy atom. The molecule has 0 aliphatic heterocycles. The number of ether oxygens (including phenoxy) is 2. The lowest BCUT2D eigenvalue weighted by Gasteiger charge is -2.25. The zero-order valence-corrected chi connectivity index (χ0v) is 9.48. The van der Waals surface area contributed by atoms with Gasteiger partial charge in [0.2, 0.25) is 0 Å². The van der Waals surface area contributed by atoms with Crippen LogP contribution in [0.3, 0.4) is 0 Å². The van der Waals surface area contributed by atoms with E-state index >= 15 is 0 Å².